The summed E-state index contributed by atoms with van der Waals surface area (Å²) < 4.78 is 49.8. The Morgan fingerprint density at radius 2 is 1.95 bits per heavy atom. The molecule has 1 aromatic heterocycles. The van der Waals surface area contributed by atoms with E-state index in [4.69, 9.17) is 5.73 Å². The van der Waals surface area contributed by atoms with Crippen LogP contribution in [0.25, 0.3) is 11.4 Å². The minimum atomic E-state index is -3.09. The molecule has 0 saturated carbocycles. The molecule has 0 atom stereocenters. The molecule has 0 aliphatic heterocycles. The molecule has 2 N–H and O–H groups in total. The van der Waals surface area contributed by atoms with Crippen molar-refractivity contribution in [2.45, 2.75) is 13.0 Å². The molecule has 0 amide bonds. The van der Waals surface area contributed by atoms with Crippen molar-refractivity contribution >= 4 is 15.5 Å². The smallest absolute Gasteiger partial charge is 0.184 e. The Balaban J connectivity index is 2.26. The number of aromatic nitrogens is 4. The van der Waals surface area contributed by atoms with Gasteiger partial charge in [-0.3, -0.25) is 0 Å². The second kappa shape index (κ2) is 5.72. The quantitative estimate of drug-likeness (QED) is 0.811. The first-order valence-electron chi connectivity index (χ1n) is 5.97. The van der Waals surface area contributed by atoms with Crippen LogP contribution in [0.15, 0.2) is 12.1 Å². The third-order valence-corrected chi connectivity index (χ3v) is 3.78. The fraction of sp³-hybridized carbons (Fsp3) is 0.364. The van der Waals surface area contributed by atoms with Crippen LogP contribution in [0.3, 0.4) is 0 Å². The molecular weight excluding hydrogens is 304 g/mol. The van der Waals surface area contributed by atoms with Crippen LogP contribution < -0.4 is 5.73 Å². The van der Waals surface area contributed by atoms with Crippen molar-refractivity contribution in [2.75, 3.05) is 17.7 Å². The molecule has 0 saturated heterocycles. The van der Waals surface area contributed by atoms with Gasteiger partial charge >= 0.3 is 0 Å². The fourth-order valence-electron chi connectivity index (χ4n) is 1.78. The molecular formula is C11H13F2N5O2S. The SMILES string of the molecule is CS(=O)(=O)CCCn1nnnc1-c1cc(F)c(F)cc1N. The van der Waals surface area contributed by atoms with Crippen LogP contribution in [-0.4, -0.2) is 40.6 Å². The summed E-state index contributed by atoms with van der Waals surface area (Å²) in [6.07, 6.45) is 1.42. The molecule has 10 heteroatoms. The van der Waals surface area contributed by atoms with Crippen LogP contribution in [0.2, 0.25) is 0 Å². The standard InChI is InChI=1S/C11H13F2N5O2S/c1-21(19,20)4-2-3-18-11(15-16-17-18)7-5-8(12)9(13)6-10(7)14/h5-6H,2-4,14H2,1H3. The van der Waals surface area contributed by atoms with Crippen molar-refractivity contribution < 1.29 is 17.2 Å². The number of hydrogen-bond donors (Lipinski definition) is 1. The number of tetrazole rings is 1. The Morgan fingerprint density at radius 1 is 1.29 bits per heavy atom. The average Bonchev–Trinajstić information content (AvgIpc) is 2.80. The van der Waals surface area contributed by atoms with Crippen molar-refractivity contribution in [3.05, 3.63) is 23.8 Å². The highest BCUT2D eigenvalue weighted by molar-refractivity contribution is 7.90. The van der Waals surface area contributed by atoms with E-state index in [1.54, 1.807) is 0 Å². The number of halogens is 2. The van der Waals surface area contributed by atoms with Crippen molar-refractivity contribution in [1.29, 1.82) is 0 Å². The van der Waals surface area contributed by atoms with E-state index in [2.05, 4.69) is 15.5 Å². The first-order chi connectivity index (χ1) is 9.78. The van der Waals surface area contributed by atoms with Crippen molar-refractivity contribution in [1.82, 2.24) is 20.2 Å². The molecule has 21 heavy (non-hydrogen) atoms. The van der Waals surface area contributed by atoms with Gasteiger partial charge in [0.15, 0.2) is 17.5 Å². The van der Waals surface area contributed by atoms with E-state index in [1.165, 1.54) is 4.68 Å². The zero-order valence-corrected chi connectivity index (χ0v) is 11.9. The number of nitrogen functional groups attached to an aromatic ring is 1. The maximum absolute atomic E-state index is 13.3. The molecule has 2 rings (SSSR count). The van der Waals surface area contributed by atoms with Gasteiger partial charge in [0.05, 0.1) is 5.75 Å². The normalized spacial score (nSPS) is 11.8. The Labute approximate surface area is 119 Å². The monoisotopic (exact) mass is 317 g/mol. The van der Waals surface area contributed by atoms with Gasteiger partial charge in [0.2, 0.25) is 0 Å². The lowest BCUT2D eigenvalue weighted by Gasteiger charge is -2.07. The molecule has 7 nitrogen and oxygen atoms in total. The van der Waals surface area contributed by atoms with E-state index < -0.39 is 21.5 Å². The number of aryl methyl sites for hydroxylation is 1. The molecule has 1 aromatic carbocycles. The van der Waals surface area contributed by atoms with E-state index in [9.17, 15) is 17.2 Å². The average molecular weight is 317 g/mol. The second-order valence-corrected chi connectivity index (χ2v) is 6.82. The Bertz CT molecular complexity index is 760. The first kappa shape index (κ1) is 15.3. The topological polar surface area (TPSA) is 104 Å². The fourth-order valence-corrected chi connectivity index (χ4v) is 2.43. The number of sulfone groups is 1. The molecule has 0 aliphatic carbocycles. The minimum absolute atomic E-state index is 0.00642. The summed E-state index contributed by atoms with van der Waals surface area (Å²) in [5.41, 5.74) is 5.78. The summed E-state index contributed by atoms with van der Waals surface area (Å²) in [7, 11) is -3.09. The van der Waals surface area contributed by atoms with Gasteiger partial charge in [-0.15, -0.1) is 5.10 Å². The van der Waals surface area contributed by atoms with Crippen LogP contribution in [0.5, 0.6) is 0 Å². The number of anilines is 1. The van der Waals surface area contributed by atoms with Gasteiger partial charge in [-0.2, -0.15) is 0 Å². The molecule has 1 heterocycles. The second-order valence-electron chi connectivity index (χ2n) is 4.56. The van der Waals surface area contributed by atoms with Gasteiger partial charge in [0.1, 0.15) is 9.84 Å². The molecule has 0 aliphatic rings. The molecule has 0 spiro atoms. The third-order valence-electron chi connectivity index (χ3n) is 2.75. The summed E-state index contributed by atoms with van der Waals surface area (Å²) in [4.78, 5) is 0. The van der Waals surface area contributed by atoms with Gasteiger partial charge in [0, 0.05) is 30.1 Å². The van der Waals surface area contributed by atoms with E-state index in [-0.39, 0.29) is 29.4 Å². The van der Waals surface area contributed by atoms with Crippen molar-refractivity contribution in [3.63, 3.8) is 0 Å². The highest BCUT2D eigenvalue weighted by atomic mass is 32.2. The largest absolute Gasteiger partial charge is 0.398 e. The summed E-state index contributed by atoms with van der Waals surface area (Å²) >= 11 is 0. The van der Waals surface area contributed by atoms with E-state index in [0.717, 1.165) is 18.4 Å². The zero-order valence-electron chi connectivity index (χ0n) is 11.1. The molecule has 0 fully saturated rings. The number of nitrogens with zero attached hydrogens (tertiary/aromatic N) is 4. The lowest BCUT2D eigenvalue weighted by molar-refractivity contribution is 0.509. The molecule has 2 aromatic rings. The van der Waals surface area contributed by atoms with E-state index in [0.29, 0.717) is 6.42 Å². The van der Waals surface area contributed by atoms with Crippen LogP contribution in [0.4, 0.5) is 14.5 Å². The van der Waals surface area contributed by atoms with Crippen LogP contribution >= 0.6 is 0 Å². The minimum Gasteiger partial charge on any atom is -0.398 e. The van der Waals surface area contributed by atoms with E-state index in [1.807, 2.05) is 0 Å². The number of rotatable bonds is 5. The number of benzene rings is 1. The van der Waals surface area contributed by atoms with Crippen molar-refractivity contribution in [2.24, 2.45) is 0 Å². The number of hydrogen-bond acceptors (Lipinski definition) is 6. The lowest BCUT2D eigenvalue weighted by Crippen LogP contribution is -2.10. The molecule has 0 unspecified atom stereocenters. The third kappa shape index (κ3) is 3.72. The van der Waals surface area contributed by atoms with Crippen LogP contribution in [-0.2, 0) is 16.4 Å². The molecule has 0 radical (unpaired) electrons. The maximum Gasteiger partial charge on any atom is 0.184 e. The lowest BCUT2D eigenvalue weighted by atomic mass is 10.1. The van der Waals surface area contributed by atoms with Crippen molar-refractivity contribution in [3.8, 4) is 11.4 Å². The highest BCUT2D eigenvalue weighted by Gasteiger charge is 2.16. The van der Waals surface area contributed by atoms with Gasteiger partial charge in [-0.25, -0.2) is 21.9 Å². The van der Waals surface area contributed by atoms with Gasteiger partial charge in [0.25, 0.3) is 0 Å². The Hall–Kier alpha value is -2.10. The van der Waals surface area contributed by atoms with Crippen LogP contribution in [0.1, 0.15) is 6.42 Å². The first-order valence-corrected chi connectivity index (χ1v) is 8.03. The van der Waals surface area contributed by atoms with Gasteiger partial charge in [-0.05, 0) is 22.9 Å². The summed E-state index contributed by atoms with van der Waals surface area (Å²) in [5.74, 6) is -2.00. The zero-order chi connectivity index (χ0) is 15.6. The van der Waals surface area contributed by atoms with Gasteiger partial charge < -0.3 is 5.73 Å². The summed E-state index contributed by atoms with van der Waals surface area (Å²) in [6, 6.07) is 1.75. The molecule has 114 valence electrons. The Kier molecular flexibility index (Phi) is 4.16. The highest BCUT2D eigenvalue weighted by Crippen LogP contribution is 2.26. The van der Waals surface area contributed by atoms with E-state index >= 15 is 0 Å². The van der Waals surface area contributed by atoms with Gasteiger partial charge in [-0.1, -0.05) is 0 Å². The predicted octanol–water partition coefficient (Wildman–Crippen LogP) is 0.635. The number of nitrogens with two attached hydrogens (primary N) is 1. The predicted molar refractivity (Wildman–Crippen MR) is 71.9 cm³/mol. The maximum atomic E-state index is 13.3. The molecule has 0 bridgehead atoms. The summed E-state index contributed by atoms with van der Waals surface area (Å²) in [6.45, 7) is 0.216. The summed E-state index contributed by atoms with van der Waals surface area (Å²) in [5, 5.41) is 10.9. The van der Waals surface area contributed by atoms with Crippen LogP contribution in [0, 0.1) is 11.6 Å². The Morgan fingerprint density at radius 3 is 2.62 bits per heavy atom.